The number of carbonyl (C=O) groups is 1. The first-order valence-electron chi connectivity index (χ1n) is 5.97. The maximum absolute atomic E-state index is 11.9. The van der Waals surface area contributed by atoms with Crippen LogP contribution in [0.3, 0.4) is 0 Å². The number of phenolic OH excluding ortho intramolecular Hbond substituents is 2. The fourth-order valence-corrected chi connectivity index (χ4v) is 1.73. The fourth-order valence-electron chi connectivity index (χ4n) is 1.73. The molecule has 0 amide bonds. The number of hydrogen-bond acceptors (Lipinski definition) is 5. The standard InChI is InChI=1S/C15H11NO5/c17-13(11-4-2-1-3-5-11)7-6-10-8-12(16(20)21)15(19)14(18)9-10/h1-9,18-19H/b7-6+. The van der Waals surface area contributed by atoms with E-state index in [0.29, 0.717) is 5.56 Å². The number of benzene rings is 2. The van der Waals surface area contributed by atoms with Gasteiger partial charge in [0, 0.05) is 11.6 Å². The smallest absolute Gasteiger partial charge is 0.315 e. The normalized spacial score (nSPS) is 10.7. The zero-order valence-corrected chi connectivity index (χ0v) is 10.8. The van der Waals surface area contributed by atoms with Crippen molar-refractivity contribution in [2.45, 2.75) is 0 Å². The molecule has 6 heteroatoms. The van der Waals surface area contributed by atoms with Gasteiger partial charge in [0.2, 0.25) is 5.75 Å². The maximum Gasteiger partial charge on any atom is 0.315 e. The van der Waals surface area contributed by atoms with Crippen molar-refractivity contribution in [3.05, 3.63) is 69.8 Å². The molecule has 0 unspecified atom stereocenters. The van der Waals surface area contributed by atoms with Crippen molar-refractivity contribution in [3.63, 3.8) is 0 Å². The van der Waals surface area contributed by atoms with Gasteiger partial charge in [-0.3, -0.25) is 14.9 Å². The molecule has 2 aromatic rings. The van der Waals surface area contributed by atoms with Gasteiger partial charge in [0.1, 0.15) is 0 Å². The van der Waals surface area contributed by atoms with E-state index in [0.717, 1.165) is 12.1 Å². The highest BCUT2D eigenvalue weighted by atomic mass is 16.6. The molecule has 0 radical (unpaired) electrons. The number of nitro benzene ring substituents is 1. The molecule has 0 aromatic heterocycles. The van der Waals surface area contributed by atoms with E-state index in [4.69, 9.17) is 0 Å². The lowest BCUT2D eigenvalue weighted by molar-refractivity contribution is -0.386. The first-order valence-corrected chi connectivity index (χ1v) is 5.97. The lowest BCUT2D eigenvalue weighted by Gasteiger charge is -2.01. The number of ketones is 1. The Labute approximate surface area is 119 Å². The summed E-state index contributed by atoms with van der Waals surface area (Å²) < 4.78 is 0. The van der Waals surface area contributed by atoms with Gasteiger partial charge in [0.05, 0.1) is 4.92 Å². The number of nitro groups is 1. The Bertz CT molecular complexity index is 722. The summed E-state index contributed by atoms with van der Waals surface area (Å²) in [5.41, 5.74) is 0.0920. The summed E-state index contributed by atoms with van der Waals surface area (Å²) in [7, 11) is 0. The molecule has 2 N–H and O–H groups in total. The van der Waals surface area contributed by atoms with Gasteiger partial charge in [0.15, 0.2) is 11.5 Å². The van der Waals surface area contributed by atoms with Crippen LogP contribution in [0.1, 0.15) is 15.9 Å². The Morgan fingerprint density at radius 2 is 1.81 bits per heavy atom. The molecule has 2 rings (SSSR count). The van der Waals surface area contributed by atoms with Crippen LogP contribution in [0.4, 0.5) is 5.69 Å². The minimum absolute atomic E-state index is 0.237. The highest BCUT2D eigenvalue weighted by Gasteiger charge is 2.18. The van der Waals surface area contributed by atoms with Crippen LogP contribution in [0.15, 0.2) is 48.5 Å². The molecule has 0 aliphatic heterocycles. The Balaban J connectivity index is 2.30. The molecular weight excluding hydrogens is 274 g/mol. The highest BCUT2D eigenvalue weighted by molar-refractivity contribution is 6.06. The predicted molar refractivity (Wildman–Crippen MR) is 76.2 cm³/mol. The van der Waals surface area contributed by atoms with E-state index in [1.807, 2.05) is 0 Å². The second-order valence-electron chi connectivity index (χ2n) is 4.23. The van der Waals surface area contributed by atoms with E-state index >= 15 is 0 Å². The Kier molecular flexibility index (Phi) is 3.99. The molecule has 0 saturated carbocycles. The molecule has 0 aliphatic carbocycles. The molecule has 2 aromatic carbocycles. The lowest BCUT2D eigenvalue weighted by Crippen LogP contribution is -1.93. The molecule has 0 spiro atoms. The number of rotatable bonds is 4. The molecule has 0 saturated heterocycles. The third kappa shape index (κ3) is 3.24. The fraction of sp³-hybridized carbons (Fsp3) is 0. The summed E-state index contributed by atoms with van der Waals surface area (Å²) in [4.78, 5) is 21.8. The number of carbonyl (C=O) groups excluding carboxylic acids is 1. The number of phenols is 2. The summed E-state index contributed by atoms with van der Waals surface area (Å²) in [6.07, 6.45) is 2.58. The van der Waals surface area contributed by atoms with Crippen LogP contribution in [0.2, 0.25) is 0 Å². The molecule has 0 atom stereocenters. The van der Waals surface area contributed by atoms with Gasteiger partial charge < -0.3 is 10.2 Å². The second-order valence-corrected chi connectivity index (χ2v) is 4.23. The zero-order chi connectivity index (χ0) is 15.4. The second kappa shape index (κ2) is 5.87. The topological polar surface area (TPSA) is 101 Å². The summed E-state index contributed by atoms with van der Waals surface area (Å²) >= 11 is 0. The van der Waals surface area contributed by atoms with Crippen molar-refractivity contribution in [2.24, 2.45) is 0 Å². The van der Waals surface area contributed by atoms with Gasteiger partial charge in [-0.05, 0) is 17.7 Å². The van der Waals surface area contributed by atoms with Gasteiger partial charge >= 0.3 is 5.69 Å². The largest absolute Gasteiger partial charge is 0.504 e. The molecule has 0 heterocycles. The third-order valence-electron chi connectivity index (χ3n) is 2.77. The number of hydrogen-bond donors (Lipinski definition) is 2. The van der Waals surface area contributed by atoms with Crippen molar-refractivity contribution in [3.8, 4) is 11.5 Å². The highest BCUT2D eigenvalue weighted by Crippen LogP contribution is 2.36. The van der Waals surface area contributed by atoms with Crippen molar-refractivity contribution in [1.82, 2.24) is 0 Å². The Morgan fingerprint density at radius 3 is 2.43 bits per heavy atom. The number of aromatic hydroxyl groups is 2. The van der Waals surface area contributed by atoms with Crippen molar-refractivity contribution < 1.29 is 19.9 Å². The van der Waals surface area contributed by atoms with Crippen molar-refractivity contribution in [2.75, 3.05) is 0 Å². The van der Waals surface area contributed by atoms with Gasteiger partial charge in [-0.1, -0.05) is 36.4 Å². The van der Waals surface area contributed by atoms with E-state index in [1.54, 1.807) is 30.3 Å². The van der Waals surface area contributed by atoms with Gasteiger partial charge in [-0.15, -0.1) is 0 Å². The summed E-state index contributed by atoms with van der Waals surface area (Å²) in [5, 5.41) is 29.5. The number of allylic oxidation sites excluding steroid dienone is 1. The summed E-state index contributed by atoms with van der Waals surface area (Å²) in [6, 6.07) is 10.7. The third-order valence-corrected chi connectivity index (χ3v) is 2.77. The van der Waals surface area contributed by atoms with Gasteiger partial charge in [-0.2, -0.15) is 0 Å². The SMILES string of the molecule is O=C(/C=C/c1cc(O)c(O)c([N+](=O)[O-])c1)c1ccccc1. The first-order chi connectivity index (χ1) is 9.99. The average molecular weight is 285 g/mol. The maximum atomic E-state index is 11.9. The first kappa shape index (κ1) is 14.3. The molecule has 6 nitrogen and oxygen atoms in total. The van der Waals surface area contributed by atoms with Crippen molar-refractivity contribution >= 4 is 17.5 Å². The van der Waals surface area contributed by atoms with E-state index in [-0.39, 0.29) is 11.3 Å². The Hall–Kier alpha value is -3.15. The Morgan fingerprint density at radius 1 is 1.14 bits per heavy atom. The predicted octanol–water partition coefficient (Wildman–Crippen LogP) is 2.90. The molecule has 0 fully saturated rings. The van der Waals surface area contributed by atoms with E-state index in [1.165, 1.54) is 12.2 Å². The zero-order valence-electron chi connectivity index (χ0n) is 10.8. The minimum atomic E-state index is -0.814. The van der Waals surface area contributed by atoms with Crippen LogP contribution in [0, 0.1) is 10.1 Å². The minimum Gasteiger partial charge on any atom is -0.504 e. The van der Waals surface area contributed by atoms with Crippen LogP contribution in [-0.2, 0) is 0 Å². The number of nitrogens with zero attached hydrogens (tertiary/aromatic N) is 1. The van der Waals surface area contributed by atoms with Crippen LogP contribution in [-0.4, -0.2) is 20.9 Å². The molecule has 106 valence electrons. The van der Waals surface area contributed by atoms with Gasteiger partial charge in [-0.25, -0.2) is 0 Å². The van der Waals surface area contributed by atoms with E-state index < -0.39 is 22.1 Å². The van der Waals surface area contributed by atoms with Crippen LogP contribution in [0.25, 0.3) is 6.08 Å². The van der Waals surface area contributed by atoms with Crippen LogP contribution >= 0.6 is 0 Å². The van der Waals surface area contributed by atoms with Crippen LogP contribution in [0.5, 0.6) is 11.5 Å². The summed E-state index contributed by atoms with van der Waals surface area (Å²) in [5.74, 6) is -1.69. The molecule has 0 aliphatic rings. The molecule has 0 bridgehead atoms. The van der Waals surface area contributed by atoms with Crippen molar-refractivity contribution in [1.29, 1.82) is 0 Å². The summed E-state index contributed by atoms with van der Waals surface area (Å²) in [6.45, 7) is 0. The quantitative estimate of drug-likeness (QED) is 0.296. The van der Waals surface area contributed by atoms with Gasteiger partial charge in [0.25, 0.3) is 0 Å². The average Bonchev–Trinajstić information content (AvgIpc) is 2.48. The van der Waals surface area contributed by atoms with E-state index in [2.05, 4.69) is 0 Å². The molecule has 21 heavy (non-hydrogen) atoms. The van der Waals surface area contributed by atoms with E-state index in [9.17, 15) is 25.1 Å². The monoisotopic (exact) mass is 285 g/mol. The van der Waals surface area contributed by atoms with Crippen LogP contribution < -0.4 is 0 Å². The molecular formula is C15H11NO5. The lowest BCUT2D eigenvalue weighted by atomic mass is 10.1.